The molecule has 0 unspecified atom stereocenters. The molecule has 3 aromatic rings. The lowest BCUT2D eigenvalue weighted by Crippen LogP contribution is -2.29. The van der Waals surface area contributed by atoms with Crippen molar-refractivity contribution >= 4 is 45.0 Å². The summed E-state index contributed by atoms with van der Waals surface area (Å²) in [5.41, 5.74) is 1.73. The average molecular weight is 451 g/mol. The van der Waals surface area contributed by atoms with Gasteiger partial charge in [-0.1, -0.05) is 28.1 Å². The van der Waals surface area contributed by atoms with Gasteiger partial charge in [0.2, 0.25) is 0 Å². The molecule has 0 saturated heterocycles. The molecule has 29 heavy (non-hydrogen) atoms. The number of rotatable bonds is 4. The number of para-hydroxylation sites is 2. The summed E-state index contributed by atoms with van der Waals surface area (Å²) in [5, 5.41) is 2.77. The normalized spacial score (nSPS) is 12.7. The number of benzene rings is 3. The Morgan fingerprint density at radius 1 is 0.931 bits per heavy atom. The van der Waals surface area contributed by atoms with E-state index in [-0.39, 0.29) is 16.7 Å². The SMILES string of the molecule is COc1ccccc1NC(=O)c1ccc2c(c1)C(=O)N(c1ccc(Br)cc1)C2=O. The van der Waals surface area contributed by atoms with Crippen molar-refractivity contribution in [3.8, 4) is 5.75 Å². The summed E-state index contributed by atoms with van der Waals surface area (Å²) in [7, 11) is 1.52. The minimum Gasteiger partial charge on any atom is -0.495 e. The van der Waals surface area contributed by atoms with Gasteiger partial charge in [0.05, 0.1) is 29.6 Å². The molecule has 1 N–H and O–H groups in total. The predicted octanol–water partition coefficient (Wildman–Crippen LogP) is 4.51. The van der Waals surface area contributed by atoms with Gasteiger partial charge in [0.1, 0.15) is 5.75 Å². The lowest BCUT2D eigenvalue weighted by atomic mass is 10.1. The number of nitrogens with one attached hydrogen (secondary N) is 1. The van der Waals surface area contributed by atoms with Crippen molar-refractivity contribution in [2.45, 2.75) is 0 Å². The Bertz CT molecular complexity index is 1140. The van der Waals surface area contributed by atoms with Crippen LogP contribution in [0.1, 0.15) is 31.1 Å². The Balaban J connectivity index is 1.63. The Hall–Kier alpha value is -3.45. The lowest BCUT2D eigenvalue weighted by molar-refractivity contribution is 0.0925. The number of hydrogen-bond donors (Lipinski definition) is 1. The van der Waals surface area contributed by atoms with Crippen molar-refractivity contribution < 1.29 is 19.1 Å². The van der Waals surface area contributed by atoms with E-state index in [0.29, 0.717) is 17.1 Å². The highest BCUT2D eigenvalue weighted by molar-refractivity contribution is 9.10. The van der Waals surface area contributed by atoms with Gasteiger partial charge >= 0.3 is 0 Å². The van der Waals surface area contributed by atoms with Crippen LogP contribution in [0.2, 0.25) is 0 Å². The quantitative estimate of drug-likeness (QED) is 0.593. The molecule has 0 aromatic heterocycles. The fourth-order valence-electron chi connectivity index (χ4n) is 3.15. The first kappa shape index (κ1) is 18.9. The number of ether oxygens (including phenoxy) is 1. The van der Waals surface area contributed by atoms with E-state index >= 15 is 0 Å². The maximum Gasteiger partial charge on any atom is 0.266 e. The highest BCUT2D eigenvalue weighted by Gasteiger charge is 2.37. The highest BCUT2D eigenvalue weighted by atomic mass is 79.9. The molecule has 0 fully saturated rings. The number of carbonyl (C=O) groups is 3. The third kappa shape index (κ3) is 3.40. The van der Waals surface area contributed by atoms with Crippen LogP contribution in [0, 0.1) is 0 Å². The maximum absolute atomic E-state index is 12.9. The number of fused-ring (bicyclic) bond motifs is 1. The number of amides is 3. The molecular weight excluding hydrogens is 436 g/mol. The molecule has 0 aliphatic carbocycles. The Morgan fingerprint density at radius 2 is 1.62 bits per heavy atom. The second kappa shape index (κ2) is 7.52. The van der Waals surface area contributed by atoms with Gasteiger partial charge in [-0.3, -0.25) is 14.4 Å². The lowest BCUT2D eigenvalue weighted by Gasteiger charge is -2.13. The van der Waals surface area contributed by atoms with Gasteiger partial charge in [0.15, 0.2) is 0 Å². The molecule has 0 saturated carbocycles. The number of methoxy groups -OCH3 is 1. The minimum atomic E-state index is -0.459. The summed E-state index contributed by atoms with van der Waals surface area (Å²) in [6.45, 7) is 0. The van der Waals surface area contributed by atoms with Crippen molar-refractivity contribution in [2.75, 3.05) is 17.3 Å². The van der Waals surface area contributed by atoms with Crippen LogP contribution in [-0.4, -0.2) is 24.8 Å². The zero-order valence-corrected chi connectivity index (χ0v) is 16.9. The van der Waals surface area contributed by atoms with Gasteiger partial charge in [-0.2, -0.15) is 0 Å². The summed E-state index contributed by atoms with van der Waals surface area (Å²) >= 11 is 3.33. The molecular formula is C22H15BrN2O4. The van der Waals surface area contributed by atoms with E-state index in [9.17, 15) is 14.4 Å². The van der Waals surface area contributed by atoms with E-state index < -0.39 is 17.7 Å². The van der Waals surface area contributed by atoms with Crippen LogP contribution in [0.4, 0.5) is 11.4 Å². The van der Waals surface area contributed by atoms with Crippen molar-refractivity contribution in [1.82, 2.24) is 0 Å². The van der Waals surface area contributed by atoms with Gasteiger partial charge in [-0.05, 0) is 54.6 Å². The molecule has 3 amide bonds. The molecule has 1 aliphatic rings. The summed E-state index contributed by atoms with van der Waals surface area (Å²) in [4.78, 5) is 39.4. The van der Waals surface area contributed by atoms with E-state index in [1.54, 1.807) is 48.5 Å². The van der Waals surface area contributed by atoms with Gasteiger partial charge in [0.25, 0.3) is 17.7 Å². The zero-order chi connectivity index (χ0) is 20.5. The number of anilines is 2. The van der Waals surface area contributed by atoms with Gasteiger partial charge in [-0.25, -0.2) is 4.90 Å². The maximum atomic E-state index is 12.9. The van der Waals surface area contributed by atoms with E-state index in [1.165, 1.54) is 25.3 Å². The molecule has 0 radical (unpaired) electrons. The topological polar surface area (TPSA) is 75.7 Å². The van der Waals surface area contributed by atoms with Crippen LogP contribution in [0.15, 0.2) is 71.2 Å². The Kier molecular flexibility index (Phi) is 4.90. The first-order valence-electron chi connectivity index (χ1n) is 8.72. The Labute approximate surface area is 175 Å². The molecule has 4 rings (SSSR count). The second-order valence-corrected chi connectivity index (χ2v) is 7.25. The summed E-state index contributed by atoms with van der Waals surface area (Å²) in [6, 6.07) is 18.4. The minimum absolute atomic E-state index is 0.200. The van der Waals surface area contributed by atoms with Gasteiger partial charge in [0, 0.05) is 10.0 Å². The largest absolute Gasteiger partial charge is 0.495 e. The third-order valence-electron chi connectivity index (χ3n) is 4.59. The monoisotopic (exact) mass is 450 g/mol. The fourth-order valence-corrected chi connectivity index (χ4v) is 3.41. The van der Waals surface area contributed by atoms with E-state index in [2.05, 4.69) is 21.2 Å². The standard InChI is InChI=1S/C22H15BrN2O4/c1-29-19-5-3-2-4-18(19)24-20(26)13-6-11-16-17(12-13)22(28)25(21(16)27)15-9-7-14(23)8-10-15/h2-12H,1H3,(H,24,26). The van der Waals surface area contributed by atoms with Crippen LogP contribution in [0.5, 0.6) is 5.75 Å². The molecule has 6 nitrogen and oxygen atoms in total. The van der Waals surface area contributed by atoms with Crippen molar-refractivity contribution in [3.05, 3.63) is 87.9 Å². The van der Waals surface area contributed by atoms with Crippen molar-refractivity contribution in [3.63, 3.8) is 0 Å². The van der Waals surface area contributed by atoms with E-state index in [0.717, 1.165) is 9.37 Å². The summed E-state index contributed by atoms with van der Waals surface area (Å²) in [6.07, 6.45) is 0. The highest BCUT2D eigenvalue weighted by Crippen LogP contribution is 2.30. The van der Waals surface area contributed by atoms with Crippen molar-refractivity contribution in [2.24, 2.45) is 0 Å². The van der Waals surface area contributed by atoms with Gasteiger partial charge < -0.3 is 10.1 Å². The fraction of sp³-hybridized carbons (Fsp3) is 0.0455. The van der Waals surface area contributed by atoms with Crippen LogP contribution >= 0.6 is 15.9 Å². The number of hydrogen-bond acceptors (Lipinski definition) is 4. The molecule has 7 heteroatoms. The van der Waals surface area contributed by atoms with Crippen LogP contribution in [0.3, 0.4) is 0 Å². The zero-order valence-electron chi connectivity index (χ0n) is 15.3. The molecule has 1 heterocycles. The number of imide groups is 1. The molecule has 0 spiro atoms. The first-order valence-corrected chi connectivity index (χ1v) is 9.51. The molecule has 144 valence electrons. The average Bonchev–Trinajstić information content (AvgIpc) is 2.99. The molecule has 1 aliphatic heterocycles. The summed E-state index contributed by atoms with van der Waals surface area (Å²) < 4.78 is 6.08. The Morgan fingerprint density at radius 3 is 2.34 bits per heavy atom. The van der Waals surface area contributed by atoms with Crippen LogP contribution < -0.4 is 15.0 Å². The van der Waals surface area contributed by atoms with Gasteiger partial charge in [-0.15, -0.1) is 0 Å². The molecule has 3 aromatic carbocycles. The summed E-state index contributed by atoms with van der Waals surface area (Å²) in [5.74, 6) is -0.752. The third-order valence-corrected chi connectivity index (χ3v) is 5.12. The number of nitrogens with zero attached hydrogens (tertiary/aromatic N) is 1. The van der Waals surface area contributed by atoms with Crippen molar-refractivity contribution in [1.29, 1.82) is 0 Å². The van der Waals surface area contributed by atoms with Crippen LogP contribution in [-0.2, 0) is 0 Å². The van der Waals surface area contributed by atoms with E-state index in [4.69, 9.17) is 4.74 Å². The van der Waals surface area contributed by atoms with Crippen LogP contribution in [0.25, 0.3) is 0 Å². The van der Waals surface area contributed by atoms with E-state index in [1.807, 2.05) is 0 Å². The molecule has 0 bridgehead atoms. The molecule has 0 atom stereocenters. The second-order valence-electron chi connectivity index (χ2n) is 6.34. The smallest absolute Gasteiger partial charge is 0.266 e. The number of carbonyl (C=O) groups excluding carboxylic acids is 3. The predicted molar refractivity (Wildman–Crippen MR) is 113 cm³/mol. The first-order chi connectivity index (χ1) is 14.0. The number of halogens is 1.